The van der Waals surface area contributed by atoms with Crippen molar-refractivity contribution in [3.8, 4) is 0 Å². The van der Waals surface area contributed by atoms with E-state index in [-0.39, 0.29) is 30.3 Å². The predicted octanol–water partition coefficient (Wildman–Crippen LogP) is 4.01. The van der Waals surface area contributed by atoms with E-state index in [1.165, 1.54) is 18.3 Å². The van der Waals surface area contributed by atoms with Crippen molar-refractivity contribution in [2.45, 2.75) is 38.1 Å². The minimum Gasteiger partial charge on any atom is -0.457 e. The SMILES string of the molecule is O=C(OCc1ccccc1)c1ccc(NC(=O)[C@H](CC2CCOCC2)n2cc(C(F)(F)F)ncc2=O)nc1. The van der Waals surface area contributed by atoms with Crippen molar-refractivity contribution >= 4 is 17.7 Å². The molecule has 1 aliphatic rings. The number of halogens is 3. The van der Waals surface area contributed by atoms with Gasteiger partial charge in [-0.3, -0.25) is 14.2 Å². The largest absolute Gasteiger partial charge is 0.457 e. The maximum atomic E-state index is 13.3. The summed E-state index contributed by atoms with van der Waals surface area (Å²) in [4.78, 5) is 45.3. The summed E-state index contributed by atoms with van der Waals surface area (Å²) < 4.78 is 51.2. The summed E-state index contributed by atoms with van der Waals surface area (Å²) >= 11 is 0. The van der Waals surface area contributed by atoms with Crippen LogP contribution in [0.3, 0.4) is 0 Å². The summed E-state index contributed by atoms with van der Waals surface area (Å²) in [5.41, 5.74) is -1.15. The summed E-state index contributed by atoms with van der Waals surface area (Å²) in [5.74, 6) is -1.31. The molecule has 1 aromatic carbocycles. The van der Waals surface area contributed by atoms with E-state index in [1.807, 2.05) is 30.3 Å². The molecule has 1 atom stereocenters. The number of alkyl halides is 3. The summed E-state index contributed by atoms with van der Waals surface area (Å²) in [6.07, 6.45) is -1.12. The van der Waals surface area contributed by atoms with Gasteiger partial charge >= 0.3 is 12.1 Å². The van der Waals surface area contributed by atoms with Crippen LogP contribution in [-0.4, -0.2) is 39.6 Å². The molecule has 9 nitrogen and oxygen atoms in total. The zero-order valence-electron chi connectivity index (χ0n) is 20.2. The minimum atomic E-state index is -4.79. The first-order valence-electron chi connectivity index (χ1n) is 11.9. The molecule has 0 spiro atoms. The lowest BCUT2D eigenvalue weighted by Gasteiger charge is -2.27. The van der Waals surface area contributed by atoms with Crippen LogP contribution < -0.4 is 10.9 Å². The minimum absolute atomic E-state index is 0.0383. The second kappa shape index (κ2) is 12.0. The Labute approximate surface area is 215 Å². The fourth-order valence-corrected chi connectivity index (χ4v) is 4.06. The van der Waals surface area contributed by atoms with Gasteiger partial charge in [0.05, 0.1) is 11.8 Å². The number of carbonyl (C=O) groups is 2. The molecule has 2 aromatic heterocycles. The topological polar surface area (TPSA) is 112 Å². The molecule has 12 heteroatoms. The van der Waals surface area contributed by atoms with Gasteiger partial charge in [-0.2, -0.15) is 13.2 Å². The van der Waals surface area contributed by atoms with Crippen molar-refractivity contribution in [3.05, 3.63) is 88.2 Å². The van der Waals surface area contributed by atoms with Gasteiger partial charge in [0.15, 0.2) is 5.69 Å². The summed E-state index contributed by atoms with van der Waals surface area (Å²) in [7, 11) is 0. The molecule has 3 aromatic rings. The molecule has 3 heterocycles. The number of nitrogens with one attached hydrogen (secondary N) is 1. The van der Waals surface area contributed by atoms with Gasteiger partial charge in [-0.1, -0.05) is 30.3 Å². The van der Waals surface area contributed by atoms with Crippen LogP contribution in [0.5, 0.6) is 0 Å². The highest BCUT2D eigenvalue weighted by Gasteiger charge is 2.35. The van der Waals surface area contributed by atoms with Gasteiger partial charge in [-0.05, 0) is 42.9 Å². The van der Waals surface area contributed by atoms with Gasteiger partial charge in [-0.25, -0.2) is 14.8 Å². The molecule has 0 bridgehead atoms. The van der Waals surface area contributed by atoms with Gasteiger partial charge in [0.2, 0.25) is 5.91 Å². The number of anilines is 1. The van der Waals surface area contributed by atoms with Crippen molar-refractivity contribution in [1.29, 1.82) is 0 Å². The van der Waals surface area contributed by atoms with Gasteiger partial charge in [0, 0.05) is 25.6 Å². The number of carbonyl (C=O) groups excluding carboxylic acids is 2. The van der Waals surface area contributed by atoms with Crippen LogP contribution in [0.25, 0.3) is 0 Å². The number of amides is 1. The maximum absolute atomic E-state index is 13.3. The number of benzene rings is 1. The Hall–Kier alpha value is -4.06. The molecule has 1 fully saturated rings. The Kier molecular flexibility index (Phi) is 8.52. The monoisotopic (exact) mass is 530 g/mol. The molecular formula is C26H25F3N4O5. The zero-order chi connectivity index (χ0) is 27.1. The first-order valence-corrected chi connectivity index (χ1v) is 11.9. The van der Waals surface area contributed by atoms with Crippen LogP contribution in [0.1, 0.15) is 46.9 Å². The molecular weight excluding hydrogens is 505 g/mol. The Bertz CT molecular complexity index is 1310. The van der Waals surface area contributed by atoms with E-state index in [9.17, 15) is 27.6 Å². The first-order chi connectivity index (χ1) is 18.2. The van der Waals surface area contributed by atoms with Crippen molar-refractivity contribution in [2.24, 2.45) is 5.92 Å². The Morgan fingerprint density at radius 2 is 1.82 bits per heavy atom. The molecule has 4 rings (SSSR count). The number of hydrogen-bond donors (Lipinski definition) is 1. The fourth-order valence-electron chi connectivity index (χ4n) is 4.06. The van der Waals surface area contributed by atoms with E-state index in [2.05, 4.69) is 15.3 Å². The predicted molar refractivity (Wildman–Crippen MR) is 129 cm³/mol. The number of nitrogens with zero attached hydrogens (tertiary/aromatic N) is 3. The molecule has 1 amide bonds. The van der Waals surface area contributed by atoms with Gasteiger partial charge < -0.3 is 14.8 Å². The molecule has 0 unspecified atom stereocenters. The smallest absolute Gasteiger partial charge is 0.434 e. The van der Waals surface area contributed by atoms with Crippen LogP contribution >= 0.6 is 0 Å². The number of hydrogen-bond acceptors (Lipinski definition) is 7. The summed E-state index contributed by atoms with van der Waals surface area (Å²) in [6, 6.07) is 10.6. The first kappa shape index (κ1) is 27.0. The normalized spacial score (nSPS) is 15.0. The van der Waals surface area contributed by atoms with Crippen molar-refractivity contribution in [2.75, 3.05) is 18.5 Å². The lowest BCUT2D eigenvalue weighted by molar-refractivity contribution is -0.142. The highest BCUT2D eigenvalue weighted by atomic mass is 19.4. The summed E-state index contributed by atoms with van der Waals surface area (Å²) in [6.45, 7) is 0.996. The standard InChI is InChI=1S/C26H25F3N4O5/c27-26(28,29)21-15-33(23(34)14-30-21)20(12-17-8-10-37-11-9-17)24(35)32-22-7-6-19(13-31-22)25(36)38-16-18-4-2-1-3-5-18/h1-7,13-15,17,20H,8-12,16H2,(H,31,32,35)/t20-/m0/s1. The van der Waals surface area contributed by atoms with Crippen molar-refractivity contribution < 1.29 is 32.2 Å². The quantitative estimate of drug-likeness (QED) is 0.438. The van der Waals surface area contributed by atoms with E-state index in [1.54, 1.807) is 0 Å². The molecule has 1 saturated heterocycles. The molecule has 1 aliphatic heterocycles. The maximum Gasteiger partial charge on any atom is 0.434 e. The van der Waals surface area contributed by atoms with E-state index in [4.69, 9.17) is 9.47 Å². The Balaban J connectivity index is 1.49. The highest BCUT2D eigenvalue weighted by molar-refractivity contribution is 5.94. The van der Waals surface area contributed by atoms with Crippen LogP contribution in [0.15, 0.2) is 65.8 Å². The molecule has 0 saturated carbocycles. The third-order valence-electron chi connectivity index (χ3n) is 6.12. The molecule has 1 N–H and O–H groups in total. The number of aromatic nitrogens is 3. The lowest BCUT2D eigenvalue weighted by atomic mass is 9.92. The molecule has 0 radical (unpaired) electrons. The third-order valence-corrected chi connectivity index (χ3v) is 6.12. The zero-order valence-corrected chi connectivity index (χ0v) is 20.2. The second-order valence-electron chi connectivity index (χ2n) is 8.81. The van der Waals surface area contributed by atoms with Crippen LogP contribution in [-0.2, 0) is 27.1 Å². The molecule has 200 valence electrons. The summed E-state index contributed by atoms with van der Waals surface area (Å²) in [5, 5.41) is 2.54. The third kappa shape index (κ3) is 7.03. The number of ether oxygens (including phenoxy) is 2. The van der Waals surface area contributed by atoms with E-state index >= 15 is 0 Å². The second-order valence-corrected chi connectivity index (χ2v) is 8.81. The number of pyridine rings is 1. The number of esters is 1. The molecule has 0 aliphatic carbocycles. The van der Waals surface area contributed by atoms with Crippen LogP contribution in [0, 0.1) is 5.92 Å². The van der Waals surface area contributed by atoms with Crippen LogP contribution in [0.2, 0.25) is 0 Å². The Morgan fingerprint density at radius 3 is 2.47 bits per heavy atom. The molecule has 38 heavy (non-hydrogen) atoms. The van der Waals surface area contributed by atoms with Gasteiger partial charge in [0.25, 0.3) is 5.56 Å². The highest BCUT2D eigenvalue weighted by Crippen LogP contribution is 2.29. The lowest BCUT2D eigenvalue weighted by Crippen LogP contribution is -2.36. The Morgan fingerprint density at radius 1 is 1.08 bits per heavy atom. The van der Waals surface area contributed by atoms with Crippen LogP contribution in [0.4, 0.5) is 19.0 Å². The van der Waals surface area contributed by atoms with Gasteiger partial charge in [0.1, 0.15) is 18.5 Å². The fraction of sp³-hybridized carbons (Fsp3) is 0.346. The van der Waals surface area contributed by atoms with Crippen molar-refractivity contribution in [3.63, 3.8) is 0 Å². The van der Waals surface area contributed by atoms with Gasteiger partial charge in [-0.15, -0.1) is 0 Å². The van der Waals surface area contributed by atoms with E-state index < -0.39 is 35.3 Å². The van der Waals surface area contributed by atoms with E-state index in [0.717, 1.165) is 10.1 Å². The van der Waals surface area contributed by atoms with E-state index in [0.29, 0.717) is 38.4 Å². The average Bonchev–Trinajstić information content (AvgIpc) is 2.92. The number of rotatable bonds is 8. The average molecular weight is 531 g/mol. The van der Waals surface area contributed by atoms with Crippen molar-refractivity contribution in [1.82, 2.24) is 14.5 Å².